The van der Waals surface area contributed by atoms with Gasteiger partial charge in [-0.15, -0.1) is 0 Å². The molecule has 19 heavy (non-hydrogen) atoms. The van der Waals surface area contributed by atoms with E-state index in [1.807, 2.05) is 0 Å². The zero-order chi connectivity index (χ0) is 12.7. The molecule has 0 aliphatic carbocycles. The molecule has 2 aliphatic heterocycles. The van der Waals surface area contributed by atoms with Crippen molar-refractivity contribution in [3.05, 3.63) is 76.8 Å². The van der Waals surface area contributed by atoms with Crippen LogP contribution in [0, 0.1) is 6.04 Å². The van der Waals surface area contributed by atoms with E-state index in [1.165, 1.54) is 28.3 Å². The molecule has 2 heteroatoms. The van der Waals surface area contributed by atoms with Gasteiger partial charge in [-0.2, -0.15) is 0 Å². The van der Waals surface area contributed by atoms with Gasteiger partial charge in [0.2, 0.25) is 0 Å². The van der Waals surface area contributed by atoms with Crippen LogP contribution in [0.3, 0.4) is 0 Å². The van der Waals surface area contributed by atoms with E-state index in [0.717, 1.165) is 19.5 Å². The first-order chi connectivity index (χ1) is 9.43. The summed E-state index contributed by atoms with van der Waals surface area (Å²) < 4.78 is 0. The Balaban J connectivity index is 1.76. The maximum absolute atomic E-state index is 3.66. The molecule has 0 fully saturated rings. The molecule has 0 bridgehead atoms. The SMILES string of the molecule is c1ccc2c(c1)CN[C]2C1NCCc2ccccc21. The Hall–Kier alpha value is -1.64. The van der Waals surface area contributed by atoms with Crippen molar-refractivity contribution in [2.24, 2.45) is 0 Å². The number of hydrogen-bond donors (Lipinski definition) is 2. The molecule has 2 heterocycles. The number of hydrogen-bond acceptors (Lipinski definition) is 2. The fourth-order valence-corrected chi connectivity index (χ4v) is 3.24. The van der Waals surface area contributed by atoms with Gasteiger partial charge in [-0.05, 0) is 35.2 Å². The van der Waals surface area contributed by atoms with E-state index < -0.39 is 0 Å². The van der Waals surface area contributed by atoms with E-state index in [0.29, 0.717) is 6.04 Å². The molecular weight excluding hydrogens is 232 g/mol. The minimum absolute atomic E-state index is 0.314. The summed E-state index contributed by atoms with van der Waals surface area (Å²) in [5.74, 6) is 0. The van der Waals surface area contributed by atoms with Crippen LogP contribution in [0.15, 0.2) is 48.5 Å². The summed E-state index contributed by atoms with van der Waals surface area (Å²) in [6, 6.07) is 19.1. The smallest absolute Gasteiger partial charge is 0.0884 e. The quantitative estimate of drug-likeness (QED) is 0.811. The van der Waals surface area contributed by atoms with Gasteiger partial charge in [-0.25, -0.2) is 0 Å². The first-order valence-corrected chi connectivity index (χ1v) is 6.93. The Morgan fingerprint density at radius 1 is 0.895 bits per heavy atom. The number of rotatable bonds is 1. The van der Waals surface area contributed by atoms with Crippen LogP contribution in [-0.4, -0.2) is 6.54 Å². The van der Waals surface area contributed by atoms with E-state index in [1.54, 1.807) is 0 Å². The van der Waals surface area contributed by atoms with Gasteiger partial charge in [-0.3, -0.25) is 5.32 Å². The maximum atomic E-state index is 3.66. The van der Waals surface area contributed by atoms with Crippen molar-refractivity contribution in [2.45, 2.75) is 19.0 Å². The van der Waals surface area contributed by atoms with Crippen LogP contribution in [0.25, 0.3) is 0 Å². The molecule has 2 aliphatic rings. The Morgan fingerprint density at radius 3 is 2.63 bits per heavy atom. The first-order valence-electron chi connectivity index (χ1n) is 6.93. The highest BCUT2D eigenvalue weighted by Crippen LogP contribution is 2.37. The summed E-state index contributed by atoms with van der Waals surface area (Å²) in [4.78, 5) is 0. The van der Waals surface area contributed by atoms with Crippen LogP contribution in [0.4, 0.5) is 0 Å². The molecule has 1 unspecified atom stereocenters. The predicted molar refractivity (Wildman–Crippen MR) is 76.5 cm³/mol. The summed E-state index contributed by atoms with van der Waals surface area (Å²) >= 11 is 0. The fourth-order valence-electron chi connectivity index (χ4n) is 3.24. The van der Waals surface area contributed by atoms with Gasteiger partial charge >= 0.3 is 0 Å². The molecule has 2 aromatic rings. The predicted octanol–water partition coefficient (Wildman–Crippen LogP) is 2.56. The summed E-state index contributed by atoms with van der Waals surface area (Å²) in [5, 5.41) is 7.25. The molecule has 4 rings (SSSR count). The van der Waals surface area contributed by atoms with Gasteiger partial charge < -0.3 is 5.32 Å². The molecule has 0 amide bonds. The van der Waals surface area contributed by atoms with Gasteiger partial charge in [0, 0.05) is 6.54 Å². The number of benzene rings is 2. The van der Waals surface area contributed by atoms with Gasteiger partial charge in [0.05, 0.1) is 12.1 Å². The van der Waals surface area contributed by atoms with Gasteiger partial charge in [0.25, 0.3) is 0 Å². The van der Waals surface area contributed by atoms with E-state index in [-0.39, 0.29) is 0 Å². The van der Waals surface area contributed by atoms with Gasteiger partial charge in [-0.1, -0.05) is 48.5 Å². The minimum Gasteiger partial charge on any atom is -0.308 e. The van der Waals surface area contributed by atoms with Crippen LogP contribution >= 0.6 is 0 Å². The van der Waals surface area contributed by atoms with Crippen LogP contribution in [0.2, 0.25) is 0 Å². The zero-order valence-corrected chi connectivity index (χ0v) is 10.8. The molecule has 1 atom stereocenters. The van der Waals surface area contributed by atoms with E-state index in [9.17, 15) is 0 Å². The average Bonchev–Trinajstić information content (AvgIpc) is 2.90. The van der Waals surface area contributed by atoms with Crippen LogP contribution in [0.1, 0.15) is 28.3 Å². The molecule has 95 valence electrons. The minimum atomic E-state index is 0.314. The summed E-state index contributed by atoms with van der Waals surface area (Å²) in [6.07, 6.45) is 1.13. The van der Waals surface area contributed by atoms with Crippen molar-refractivity contribution in [1.29, 1.82) is 0 Å². The highest BCUT2D eigenvalue weighted by Gasteiger charge is 2.33. The lowest BCUT2D eigenvalue weighted by Gasteiger charge is -2.31. The van der Waals surface area contributed by atoms with Gasteiger partial charge in [0.1, 0.15) is 0 Å². The second kappa shape index (κ2) is 4.48. The third-order valence-corrected chi connectivity index (χ3v) is 4.17. The van der Waals surface area contributed by atoms with Crippen LogP contribution in [0.5, 0.6) is 0 Å². The standard InChI is InChI=1S/C17H17N2/c1-3-7-14-12(5-1)9-10-18-16(14)17-15-8-4-2-6-13(15)11-19-17/h1-8,16,18-19H,9-11H2. The van der Waals surface area contributed by atoms with E-state index in [4.69, 9.17) is 0 Å². The normalized spacial score (nSPS) is 22.0. The number of nitrogens with one attached hydrogen (secondary N) is 2. The molecule has 2 N–H and O–H groups in total. The van der Waals surface area contributed by atoms with Crippen molar-refractivity contribution < 1.29 is 0 Å². The van der Waals surface area contributed by atoms with Crippen molar-refractivity contribution in [2.75, 3.05) is 6.54 Å². The highest BCUT2D eigenvalue weighted by atomic mass is 15.0. The molecule has 1 radical (unpaired) electrons. The maximum Gasteiger partial charge on any atom is 0.0884 e. The Bertz CT molecular complexity index is 606. The molecule has 0 aromatic heterocycles. The van der Waals surface area contributed by atoms with Crippen molar-refractivity contribution >= 4 is 0 Å². The third-order valence-electron chi connectivity index (χ3n) is 4.17. The molecule has 2 nitrogen and oxygen atoms in total. The van der Waals surface area contributed by atoms with Gasteiger partial charge in [0.15, 0.2) is 0 Å². The molecule has 0 saturated heterocycles. The highest BCUT2D eigenvalue weighted by molar-refractivity contribution is 5.48. The van der Waals surface area contributed by atoms with E-state index >= 15 is 0 Å². The van der Waals surface area contributed by atoms with Crippen LogP contribution < -0.4 is 10.6 Å². The third kappa shape index (κ3) is 1.79. The summed E-state index contributed by atoms with van der Waals surface area (Å²) in [7, 11) is 0. The number of fused-ring (bicyclic) bond motifs is 2. The second-order valence-corrected chi connectivity index (χ2v) is 5.26. The van der Waals surface area contributed by atoms with Crippen molar-refractivity contribution in [1.82, 2.24) is 10.6 Å². The average molecular weight is 249 g/mol. The zero-order valence-electron chi connectivity index (χ0n) is 10.8. The van der Waals surface area contributed by atoms with Crippen molar-refractivity contribution in [3.63, 3.8) is 0 Å². The topological polar surface area (TPSA) is 24.1 Å². The molecule has 2 aromatic carbocycles. The lowest BCUT2D eigenvalue weighted by atomic mass is 9.87. The Kier molecular flexibility index (Phi) is 2.64. The monoisotopic (exact) mass is 249 g/mol. The fraction of sp³-hybridized carbons (Fsp3) is 0.235. The lowest BCUT2D eigenvalue weighted by molar-refractivity contribution is 0.495. The largest absolute Gasteiger partial charge is 0.308 e. The Morgan fingerprint density at radius 2 is 1.68 bits per heavy atom. The molecule has 0 saturated carbocycles. The van der Waals surface area contributed by atoms with Crippen LogP contribution in [-0.2, 0) is 13.0 Å². The summed E-state index contributed by atoms with van der Waals surface area (Å²) in [6.45, 7) is 2.00. The lowest BCUT2D eigenvalue weighted by Crippen LogP contribution is -2.37. The summed E-state index contributed by atoms with van der Waals surface area (Å²) in [5.41, 5.74) is 5.68. The van der Waals surface area contributed by atoms with Crippen molar-refractivity contribution in [3.8, 4) is 0 Å². The van der Waals surface area contributed by atoms with E-state index in [2.05, 4.69) is 59.2 Å². The first kappa shape index (κ1) is 11.2. The molecule has 0 spiro atoms. The Labute approximate surface area is 113 Å². The second-order valence-electron chi connectivity index (χ2n) is 5.26. The molecular formula is C17H17N2.